The molecule has 3 nitrogen and oxygen atoms in total. The van der Waals surface area contributed by atoms with Crippen molar-refractivity contribution < 1.29 is 14.3 Å². The van der Waals surface area contributed by atoms with Crippen molar-refractivity contribution in [1.29, 1.82) is 0 Å². The maximum Gasteiger partial charge on any atom is 0.303 e. The maximum atomic E-state index is 13.6. The van der Waals surface area contributed by atoms with Gasteiger partial charge < -0.3 is 5.11 Å². The number of hydrogen-bond donors (Lipinski definition) is 1. The number of rotatable bonds is 7. The van der Waals surface area contributed by atoms with E-state index in [0.29, 0.717) is 12.0 Å². The summed E-state index contributed by atoms with van der Waals surface area (Å²) in [7, 11) is 1.93. The highest BCUT2D eigenvalue weighted by Gasteiger charge is 2.14. The number of carboxylic acid groups (broad SMARTS) is 1. The van der Waals surface area contributed by atoms with E-state index in [2.05, 4.69) is 0 Å². The fourth-order valence-electron chi connectivity index (χ4n) is 1.88. The van der Waals surface area contributed by atoms with Crippen LogP contribution in [0.15, 0.2) is 24.3 Å². The van der Waals surface area contributed by atoms with Gasteiger partial charge in [0, 0.05) is 18.0 Å². The summed E-state index contributed by atoms with van der Waals surface area (Å²) < 4.78 is 13.6. The largest absolute Gasteiger partial charge is 0.481 e. The number of unbranched alkanes of at least 4 members (excludes halogenated alkanes) is 1. The highest BCUT2D eigenvalue weighted by molar-refractivity contribution is 5.85. The molecule has 0 aliphatic heterocycles. The predicted molar refractivity (Wildman–Crippen MR) is 76.2 cm³/mol. The van der Waals surface area contributed by atoms with Gasteiger partial charge in [-0.2, -0.15) is 0 Å². The number of nitrogens with zero attached hydrogens (tertiary/aromatic N) is 1. The second kappa shape index (κ2) is 8.88. The summed E-state index contributed by atoms with van der Waals surface area (Å²) in [6.45, 7) is 2.72. The van der Waals surface area contributed by atoms with Gasteiger partial charge in [-0.15, -0.1) is 12.4 Å². The zero-order valence-electron chi connectivity index (χ0n) is 11.3. The Morgan fingerprint density at radius 1 is 1.37 bits per heavy atom. The molecule has 19 heavy (non-hydrogen) atoms. The van der Waals surface area contributed by atoms with Gasteiger partial charge in [0.2, 0.25) is 0 Å². The minimum Gasteiger partial charge on any atom is -0.481 e. The van der Waals surface area contributed by atoms with E-state index in [1.165, 1.54) is 6.07 Å². The molecule has 1 unspecified atom stereocenters. The standard InChI is InChI=1S/C14H20FNO2.ClH/c1-11(12-7-3-4-8-13(12)15)16(2)10-6-5-9-14(17)18;/h3-4,7-8,11H,5-6,9-10H2,1-2H3,(H,17,18);1H. The highest BCUT2D eigenvalue weighted by Crippen LogP contribution is 2.21. The molecule has 0 aliphatic carbocycles. The Bertz CT molecular complexity index is 401. The van der Waals surface area contributed by atoms with Crippen molar-refractivity contribution >= 4 is 18.4 Å². The number of aliphatic carboxylic acids is 1. The SMILES string of the molecule is CC(c1ccccc1F)N(C)CCCCC(=O)O.Cl. The molecule has 0 aliphatic rings. The van der Waals surface area contributed by atoms with Gasteiger partial charge in [0.15, 0.2) is 0 Å². The smallest absolute Gasteiger partial charge is 0.303 e. The molecular formula is C14H21ClFNO2. The quantitative estimate of drug-likeness (QED) is 0.781. The third-order valence-electron chi connectivity index (χ3n) is 3.17. The zero-order chi connectivity index (χ0) is 13.5. The molecule has 0 radical (unpaired) electrons. The molecule has 108 valence electrons. The van der Waals surface area contributed by atoms with Gasteiger partial charge in [0.1, 0.15) is 5.82 Å². The van der Waals surface area contributed by atoms with Crippen LogP contribution in [-0.4, -0.2) is 29.6 Å². The van der Waals surface area contributed by atoms with Crippen LogP contribution in [0.2, 0.25) is 0 Å². The van der Waals surface area contributed by atoms with Gasteiger partial charge in [-0.3, -0.25) is 9.69 Å². The first-order chi connectivity index (χ1) is 8.52. The Hall–Kier alpha value is -1.13. The van der Waals surface area contributed by atoms with E-state index in [4.69, 9.17) is 5.11 Å². The number of benzene rings is 1. The third-order valence-corrected chi connectivity index (χ3v) is 3.17. The van der Waals surface area contributed by atoms with Crippen molar-refractivity contribution in [3.63, 3.8) is 0 Å². The molecule has 0 aromatic heterocycles. The molecule has 1 atom stereocenters. The monoisotopic (exact) mass is 289 g/mol. The number of carbonyl (C=O) groups is 1. The van der Waals surface area contributed by atoms with Crippen LogP contribution in [0, 0.1) is 5.82 Å². The average Bonchev–Trinajstić information content (AvgIpc) is 2.34. The van der Waals surface area contributed by atoms with Gasteiger partial charge in [-0.25, -0.2) is 4.39 Å². The molecule has 1 aromatic carbocycles. The lowest BCUT2D eigenvalue weighted by Gasteiger charge is -2.25. The van der Waals surface area contributed by atoms with Crippen LogP contribution in [-0.2, 0) is 4.79 Å². The van der Waals surface area contributed by atoms with Crippen LogP contribution >= 0.6 is 12.4 Å². The summed E-state index contributed by atoms with van der Waals surface area (Å²) in [5.41, 5.74) is 0.679. The van der Waals surface area contributed by atoms with E-state index in [1.54, 1.807) is 12.1 Å². The van der Waals surface area contributed by atoms with Crippen molar-refractivity contribution in [3.8, 4) is 0 Å². The Kier molecular flexibility index (Phi) is 8.35. The van der Waals surface area contributed by atoms with Crippen LogP contribution in [0.5, 0.6) is 0 Å². The van der Waals surface area contributed by atoms with Crippen molar-refractivity contribution in [2.75, 3.05) is 13.6 Å². The fourth-order valence-corrected chi connectivity index (χ4v) is 1.88. The Labute approximate surface area is 119 Å². The summed E-state index contributed by atoms with van der Waals surface area (Å²) in [4.78, 5) is 12.4. The van der Waals surface area contributed by atoms with Crippen molar-refractivity contribution in [3.05, 3.63) is 35.6 Å². The predicted octanol–water partition coefficient (Wildman–Crippen LogP) is 3.50. The minimum atomic E-state index is -0.764. The lowest BCUT2D eigenvalue weighted by atomic mass is 10.1. The van der Waals surface area contributed by atoms with Crippen LogP contribution < -0.4 is 0 Å². The molecule has 0 bridgehead atoms. The Balaban J connectivity index is 0.00000324. The number of carboxylic acids is 1. The topological polar surface area (TPSA) is 40.5 Å². The summed E-state index contributed by atoms with van der Waals surface area (Å²) >= 11 is 0. The van der Waals surface area contributed by atoms with Crippen LogP contribution in [0.25, 0.3) is 0 Å². The molecular weight excluding hydrogens is 269 g/mol. The lowest BCUT2D eigenvalue weighted by Crippen LogP contribution is -2.24. The fraction of sp³-hybridized carbons (Fsp3) is 0.500. The molecule has 0 fully saturated rings. The summed E-state index contributed by atoms with van der Waals surface area (Å²) in [5, 5.41) is 8.54. The first-order valence-electron chi connectivity index (χ1n) is 6.19. The molecule has 0 saturated heterocycles. The molecule has 5 heteroatoms. The van der Waals surface area contributed by atoms with Gasteiger partial charge in [-0.05, 0) is 39.4 Å². The van der Waals surface area contributed by atoms with Gasteiger partial charge in [-0.1, -0.05) is 18.2 Å². The number of hydrogen-bond acceptors (Lipinski definition) is 2. The molecule has 0 amide bonds. The molecule has 0 spiro atoms. The Morgan fingerprint density at radius 2 is 2.00 bits per heavy atom. The normalized spacial score (nSPS) is 12.0. The second-order valence-electron chi connectivity index (χ2n) is 4.53. The molecule has 1 aromatic rings. The van der Waals surface area contributed by atoms with Crippen LogP contribution in [0.4, 0.5) is 4.39 Å². The van der Waals surface area contributed by atoms with E-state index in [9.17, 15) is 9.18 Å². The van der Waals surface area contributed by atoms with E-state index < -0.39 is 5.97 Å². The second-order valence-corrected chi connectivity index (χ2v) is 4.53. The van der Waals surface area contributed by atoms with Crippen molar-refractivity contribution in [2.24, 2.45) is 0 Å². The van der Waals surface area contributed by atoms with E-state index in [1.807, 2.05) is 24.9 Å². The van der Waals surface area contributed by atoms with Gasteiger partial charge >= 0.3 is 5.97 Å². The third kappa shape index (κ3) is 6.03. The minimum absolute atomic E-state index is 0. The van der Waals surface area contributed by atoms with Crippen molar-refractivity contribution in [1.82, 2.24) is 4.90 Å². The summed E-state index contributed by atoms with van der Waals surface area (Å²) in [6.07, 6.45) is 1.66. The first kappa shape index (κ1) is 17.9. The zero-order valence-corrected chi connectivity index (χ0v) is 12.1. The molecule has 0 saturated carbocycles. The highest BCUT2D eigenvalue weighted by atomic mass is 35.5. The van der Waals surface area contributed by atoms with Gasteiger partial charge in [0.05, 0.1) is 0 Å². The summed E-state index contributed by atoms with van der Waals surface area (Å²) in [6, 6.07) is 6.75. The molecule has 0 heterocycles. The number of halogens is 2. The lowest BCUT2D eigenvalue weighted by molar-refractivity contribution is -0.137. The summed E-state index contributed by atoms with van der Waals surface area (Å²) in [5.74, 6) is -0.956. The van der Waals surface area contributed by atoms with E-state index >= 15 is 0 Å². The maximum absolute atomic E-state index is 13.6. The Morgan fingerprint density at radius 3 is 2.58 bits per heavy atom. The molecule has 1 N–H and O–H groups in total. The van der Waals surface area contributed by atoms with Crippen LogP contribution in [0.1, 0.15) is 37.8 Å². The van der Waals surface area contributed by atoms with Gasteiger partial charge in [0.25, 0.3) is 0 Å². The first-order valence-corrected chi connectivity index (χ1v) is 6.19. The van der Waals surface area contributed by atoms with E-state index in [-0.39, 0.29) is 30.7 Å². The van der Waals surface area contributed by atoms with Crippen LogP contribution in [0.3, 0.4) is 0 Å². The average molecular weight is 290 g/mol. The molecule has 1 rings (SSSR count). The van der Waals surface area contributed by atoms with Crippen molar-refractivity contribution in [2.45, 2.75) is 32.2 Å². The van der Waals surface area contributed by atoms with E-state index in [0.717, 1.165) is 13.0 Å².